The minimum absolute atomic E-state index is 0.0648. The Hall–Kier alpha value is -1.34. The van der Waals surface area contributed by atoms with Gasteiger partial charge in [-0.15, -0.1) is 16.4 Å². The fraction of sp³-hybridized carbons (Fsp3) is 0.417. The van der Waals surface area contributed by atoms with Crippen LogP contribution < -0.4 is 5.32 Å². The van der Waals surface area contributed by atoms with E-state index in [9.17, 15) is 4.79 Å². The first-order valence-corrected chi connectivity index (χ1v) is 7.91. The quantitative estimate of drug-likeness (QED) is 0.830. The number of hydrogen-bond donors (Lipinski definition) is 2. The Morgan fingerprint density at radius 3 is 3.16 bits per heavy atom. The van der Waals surface area contributed by atoms with Crippen LogP contribution in [0.4, 0.5) is 0 Å². The van der Waals surface area contributed by atoms with E-state index in [1.807, 2.05) is 24.4 Å². The molecule has 0 aromatic carbocycles. The van der Waals surface area contributed by atoms with Crippen LogP contribution in [0.25, 0.3) is 10.7 Å². The van der Waals surface area contributed by atoms with Crippen molar-refractivity contribution in [2.75, 3.05) is 0 Å². The Morgan fingerprint density at radius 2 is 2.47 bits per heavy atom. The van der Waals surface area contributed by atoms with Crippen molar-refractivity contribution < 1.29 is 4.79 Å². The van der Waals surface area contributed by atoms with Crippen LogP contribution in [0, 0.1) is 0 Å². The number of aromatic amines is 1. The second kappa shape index (κ2) is 5.34. The summed E-state index contributed by atoms with van der Waals surface area (Å²) >= 11 is 2.99. The van der Waals surface area contributed by atoms with Crippen LogP contribution in [0.5, 0.6) is 0 Å². The molecule has 0 saturated heterocycles. The van der Waals surface area contributed by atoms with Crippen LogP contribution >= 0.6 is 23.1 Å². The Morgan fingerprint density at radius 1 is 1.63 bits per heavy atom. The summed E-state index contributed by atoms with van der Waals surface area (Å²) in [5, 5.41) is 12.5. The largest absolute Gasteiger partial charge is 0.352 e. The highest BCUT2D eigenvalue weighted by atomic mass is 32.2. The van der Waals surface area contributed by atoms with Gasteiger partial charge in [-0.05, 0) is 31.2 Å². The molecule has 1 aliphatic carbocycles. The van der Waals surface area contributed by atoms with Gasteiger partial charge in [0.2, 0.25) is 11.1 Å². The van der Waals surface area contributed by atoms with Crippen molar-refractivity contribution in [1.29, 1.82) is 0 Å². The number of nitrogens with one attached hydrogen (secondary N) is 2. The average molecular weight is 294 g/mol. The van der Waals surface area contributed by atoms with Crippen LogP contribution in [0.1, 0.15) is 19.8 Å². The van der Waals surface area contributed by atoms with Crippen LogP contribution in [-0.2, 0) is 4.79 Å². The summed E-state index contributed by atoms with van der Waals surface area (Å²) in [6.45, 7) is 1.88. The minimum Gasteiger partial charge on any atom is -0.352 e. The maximum absolute atomic E-state index is 11.8. The van der Waals surface area contributed by atoms with Gasteiger partial charge in [0.25, 0.3) is 0 Å². The number of rotatable bonds is 5. The highest BCUT2D eigenvalue weighted by molar-refractivity contribution is 8.00. The summed E-state index contributed by atoms with van der Waals surface area (Å²) < 4.78 is 0. The smallest absolute Gasteiger partial charge is 0.233 e. The molecule has 0 aliphatic heterocycles. The van der Waals surface area contributed by atoms with Crippen LogP contribution in [-0.4, -0.2) is 32.4 Å². The number of thiophene rings is 1. The molecule has 7 heteroatoms. The number of amides is 1. The first-order chi connectivity index (χ1) is 9.22. The van der Waals surface area contributed by atoms with Crippen molar-refractivity contribution in [3.05, 3.63) is 17.5 Å². The van der Waals surface area contributed by atoms with E-state index in [-0.39, 0.29) is 11.2 Å². The van der Waals surface area contributed by atoms with Crippen molar-refractivity contribution in [1.82, 2.24) is 20.5 Å². The molecule has 19 heavy (non-hydrogen) atoms. The van der Waals surface area contributed by atoms with Crippen LogP contribution in [0.3, 0.4) is 0 Å². The second-order valence-electron chi connectivity index (χ2n) is 4.49. The maximum Gasteiger partial charge on any atom is 0.233 e. The number of carbonyl (C=O) groups is 1. The van der Waals surface area contributed by atoms with Crippen molar-refractivity contribution >= 4 is 29.0 Å². The Labute approximate surface area is 119 Å². The van der Waals surface area contributed by atoms with Crippen molar-refractivity contribution in [3.63, 3.8) is 0 Å². The summed E-state index contributed by atoms with van der Waals surface area (Å²) in [6.07, 6.45) is 2.21. The summed E-state index contributed by atoms with van der Waals surface area (Å²) in [7, 11) is 0. The molecular weight excluding hydrogens is 280 g/mol. The predicted molar refractivity (Wildman–Crippen MR) is 76.2 cm³/mol. The molecular formula is C12H14N4OS2. The molecule has 1 saturated carbocycles. The SMILES string of the molecule is CC(Sc1n[nH]c(-c2cccs2)n1)C(=O)NC1CC1. The van der Waals surface area contributed by atoms with E-state index in [0.29, 0.717) is 11.2 Å². The Bertz CT molecular complexity index is 562. The third kappa shape index (κ3) is 3.16. The summed E-state index contributed by atoms with van der Waals surface area (Å²) in [5.41, 5.74) is 0. The molecule has 1 atom stereocenters. The molecule has 2 aromatic heterocycles. The van der Waals surface area contributed by atoms with E-state index in [1.54, 1.807) is 11.3 Å². The van der Waals surface area contributed by atoms with E-state index in [4.69, 9.17) is 0 Å². The van der Waals surface area contributed by atoms with E-state index in [1.165, 1.54) is 11.8 Å². The molecule has 0 radical (unpaired) electrons. The highest BCUT2D eigenvalue weighted by Gasteiger charge is 2.26. The lowest BCUT2D eigenvalue weighted by Gasteiger charge is -2.08. The van der Waals surface area contributed by atoms with Gasteiger partial charge in [-0.3, -0.25) is 9.89 Å². The van der Waals surface area contributed by atoms with Crippen molar-refractivity contribution in [2.45, 2.75) is 36.2 Å². The van der Waals surface area contributed by atoms with Gasteiger partial charge in [-0.2, -0.15) is 0 Å². The molecule has 1 aliphatic rings. The highest BCUT2D eigenvalue weighted by Crippen LogP contribution is 2.26. The van der Waals surface area contributed by atoms with Gasteiger partial charge in [0, 0.05) is 6.04 Å². The van der Waals surface area contributed by atoms with Gasteiger partial charge in [-0.1, -0.05) is 17.8 Å². The Kier molecular flexibility index (Phi) is 3.56. The fourth-order valence-electron chi connectivity index (χ4n) is 1.58. The van der Waals surface area contributed by atoms with Gasteiger partial charge in [0.15, 0.2) is 5.82 Å². The number of aromatic nitrogens is 3. The molecule has 1 unspecified atom stereocenters. The molecule has 3 rings (SSSR count). The molecule has 0 bridgehead atoms. The first-order valence-electron chi connectivity index (χ1n) is 6.15. The fourth-order valence-corrected chi connectivity index (χ4v) is 2.98. The van der Waals surface area contributed by atoms with Gasteiger partial charge < -0.3 is 5.32 Å². The lowest BCUT2D eigenvalue weighted by Crippen LogP contribution is -2.32. The van der Waals surface area contributed by atoms with Gasteiger partial charge in [-0.25, -0.2) is 4.98 Å². The van der Waals surface area contributed by atoms with Gasteiger partial charge in [0.05, 0.1) is 10.1 Å². The molecule has 1 fully saturated rings. The van der Waals surface area contributed by atoms with Crippen molar-refractivity contribution in [2.24, 2.45) is 0 Å². The third-order valence-corrected chi connectivity index (χ3v) is 4.63. The molecule has 100 valence electrons. The van der Waals surface area contributed by atoms with Crippen LogP contribution in [0.2, 0.25) is 0 Å². The topological polar surface area (TPSA) is 70.7 Å². The molecule has 5 nitrogen and oxygen atoms in total. The second-order valence-corrected chi connectivity index (χ2v) is 6.74. The Balaban J connectivity index is 1.61. The van der Waals surface area contributed by atoms with Crippen LogP contribution in [0.15, 0.2) is 22.7 Å². The zero-order chi connectivity index (χ0) is 13.2. The summed E-state index contributed by atoms with van der Waals surface area (Å²) in [6, 6.07) is 4.36. The predicted octanol–water partition coefficient (Wildman–Crippen LogP) is 2.29. The van der Waals surface area contributed by atoms with Gasteiger partial charge in [0.1, 0.15) is 0 Å². The number of thioether (sulfide) groups is 1. The number of carbonyl (C=O) groups excluding carboxylic acids is 1. The van der Waals surface area contributed by atoms with E-state index >= 15 is 0 Å². The van der Waals surface area contributed by atoms with E-state index in [2.05, 4.69) is 20.5 Å². The number of nitrogens with zero attached hydrogens (tertiary/aromatic N) is 2. The first kappa shape index (κ1) is 12.7. The molecule has 2 heterocycles. The minimum atomic E-state index is -0.174. The lowest BCUT2D eigenvalue weighted by molar-refractivity contribution is -0.120. The molecule has 0 spiro atoms. The average Bonchev–Trinajstić information content (AvgIpc) is 2.90. The third-order valence-electron chi connectivity index (χ3n) is 2.79. The van der Waals surface area contributed by atoms with E-state index < -0.39 is 0 Å². The number of H-pyrrole nitrogens is 1. The van der Waals surface area contributed by atoms with Gasteiger partial charge >= 0.3 is 0 Å². The van der Waals surface area contributed by atoms with E-state index in [0.717, 1.165) is 23.5 Å². The monoisotopic (exact) mass is 294 g/mol. The zero-order valence-electron chi connectivity index (χ0n) is 10.4. The zero-order valence-corrected chi connectivity index (χ0v) is 12.1. The normalized spacial score (nSPS) is 16.3. The maximum atomic E-state index is 11.8. The molecule has 2 N–H and O–H groups in total. The van der Waals surface area contributed by atoms with Crippen molar-refractivity contribution in [3.8, 4) is 10.7 Å². The summed E-state index contributed by atoms with van der Waals surface area (Å²) in [4.78, 5) is 17.3. The summed E-state index contributed by atoms with van der Waals surface area (Å²) in [5.74, 6) is 0.822. The molecule has 2 aromatic rings. The number of hydrogen-bond acceptors (Lipinski definition) is 5. The molecule has 1 amide bonds. The lowest BCUT2D eigenvalue weighted by atomic mass is 10.4. The standard InChI is InChI=1S/C12H14N4OS2/c1-7(11(17)13-8-4-5-8)19-12-14-10(15-16-12)9-3-2-6-18-9/h2-3,6-8H,4-5H2,1H3,(H,13,17)(H,14,15,16).